The van der Waals surface area contributed by atoms with Crippen molar-refractivity contribution in [3.63, 3.8) is 0 Å². The van der Waals surface area contributed by atoms with Crippen molar-refractivity contribution in [2.45, 2.75) is 37.1 Å². The average molecular weight is 478 g/mol. The Kier molecular flexibility index (Phi) is 7.31. The van der Waals surface area contributed by atoms with Crippen LogP contribution in [0.2, 0.25) is 0 Å². The van der Waals surface area contributed by atoms with E-state index >= 15 is 0 Å². The van der Waals surface area contributed by atoms with Gasteiger partial charge in [0.05, 0.1) is 18.1 Å². The number of likely N-dealkylation sites (N-methyl/N-ethyl adjacent to an activating group) is 1. The molecule has 2 aliphatic heterocycles. The molecule has 0 saturated carbocycles. The number of piperidine rings is 1. The lowest BCUT2D eigenvalue weighted by atomic mass is 10.0. The van der Waals surface area contributed by atoms with Gasteiger partial charge in [0.1, 0.15) is 0 Å². The molecular weight excluding hydrogens is 446 g/mol. The standard InChI is InChI=1S/C23H31N3O4S2/c1-17-11-22(31-16-17)18-12-19(23(27)24-15-20-5-3-4-6-25(20)2)14-21(13-18)32(28,29)26-7-9-30-10-8-26/h11-14,16,20H,3-10,15H2,1-2H3,(H,24,27)/t20-/m1/s1. The molecule has 1 aromatic carbocycles. The minimum Gasteiger partial charge on any atom is -0.379 e. The maximum atomic E-state index is 13.3. The third kappa shape index (κ3) is 5.23. The fraction of sp³-hybridized carbons (Fsp3) is 0.522. The number of morpholine rings is 1. The molecule has 174 valence electrons. The maximum Gasteiger partial charge on any atom is 0.251 e. The Morgan fingerprint density at radius 2 is 1.94 bits per heavy atom. The van der Waals surface area contributed by atoms with Crippen molar-refractivity contribution in [2.75, 3.05) is 46.4 Å². The van der Waals surface area contributed by atoms with Crippen molar-refractivity contribution in [1.82, 2.24) is 14.5 Å². The molecule has 0 unspecified atom stereocenters. The van der Waals surface area contributed by atoms with Gasteiger partial charge in [-0.25, -0.2) is 8.42 Å². The first-order valence-corrected chi connectivity index (χ1v) is 13.4. The highest BCUT2D eigenvalue weighted by Gasteiger charge is 2.28. The summed E-state index contributed by atoms with van der Waals surface area (Å²) in [4.78, 5) is 16.5. The van der Waals surface area contributed by atoms with E-state index in [2.05, 4.69) is 17.3 Å². The van der Waals surface area contributed by atoms with Gasteiger partial charge in [-0.2, -0.15) is 4.31 Å². The summed E-state index contributed by atoms with van der Waals surface area (Å²) in [7, 11) is -1.63. The van der Waals surface area contributed by atoms with Gasteiger partial charge in [-0.05, 0) is 74.1 Å². The fourth-order valence-corrected chi connectivity index (χ4v) is 6.62. The fourth-order valence-electron chi connectivity index (χ4n) is 4.25. The predicted molar refractivity (Wildman–Crippen MR) is 127 cm³/mol. The number of hydrogen-bond donors (Lipinski definition) is 1. The molecule has 32 heavy (non-hydrogen) atoms. The number of sulfonamides is 1. The van der Waals surface area contributed by atoms with Gasteiger partial charge >= 0.3 is 0 Å². The van der Waals surface area contributed by atoms with Crippen LogP contribution in [0, 0.1) is 6.92 Å². The second-order valence-corrected chi connectivity index (χ2v) is 11.4. The number of aryl methyl sites for hydroxylation is 1. The van der Waals surface area contributed by atoms with Gasteiger partial charge in [-0.15, -0.1) is 11.3 Å². The van der Waals surface area contributed by atoms with E-state index < -0.39 is 10.0 Å². The molecular formula is C23H31N3O4S2. The van der Waals surface area contributed by atoms with E-state index in [9.17, 15) is 13.2 Å². The number of rotatable bonds is 6. The third-order valence-corrected chi connectivity index (χ3v) is 9.18. The van der Waals surface area contributed by atoms with Crippen molar-refractivity contribution in [3.05, 3.63) is 40.8 Å². The highest BCUT2D eigenvalue weighted by molar-refractivity contribution is 7.89. The molecule has 2 aromatic rings. The van der Waals surface area contributed by atoms with Gasteiger partial charge in [0.15, 0.2) is 0 Å². The Labute approximate surface area is 194 Å². The van der Waals surface area contributed by atoms with Crippen LogP contribution in [0.15, 0.2) is 34.5 Å². The third-order valence-electron chi connectivity index (χ3n) is 6.21. The average Bonchev–Trinajstić information content (AvgIpc) is 3.25. The van der Waals surface area contributed by atoms with E-state index in [-0.39, 0.29) is 10.8 Å². The molecule has 2 fully saturated rings. The molecule has 0 radical (unpaired) electrons. The largest absolute Gasteiger partial charge is 0.379 e. The second-order valence-electron chi connectivity index (χ2n) is 8.59. The minimum absolute atomic E-state index is 0.155. The van der Waals surface area contributed by atoms with Gasteiger partial charge in [-0.1, -0.05) is 6.42 Å². The van der Waals surface area contributed by atoms with Crippen LogP contribution in [0.25, 0.3) is 10.4 Å². The summed E-state index contributed by atoms with van der Waals surface area (Å²) in [6, 6.07) is 7.32. The summed E-state index contributed by atoms with van der Waals surface area (Å²) < 4.78 is 33.4. The molecule has 7 nitrogen and oxygen atoms in total. The van der Waals surface area contributed by atoms with Gasteiger partial charge in [0.25, 0.3) is 5.91 Å². The highest BCUT2D eigenvalue weighted by atomic mass is 32.2. The molecule has 1 N–H and O–H groups in total. The normalized spacial score (nSPS) is 20.9. The number of ether oxygens (including phenoxy) is 1. The molecule has 2 aliphatic rings. The number of hydrogen-bond acceptors (Lipinski definition) is 6. The van der Waals surface area contributed by atoms with E-state index in [0.717, 1.165) is 29.0 Å². The molecule has 3 heterocycles. The number of nitrogens with zero attached hydrogens (tertiary/aromatic N) is 2. The van der Waals surface area contributed by atoms with Crippen LogP contribution in [-0.2, 0) is 14.8 Å². The maximum absolute atomic E-state index is 13.3. The monoisotopic (exact) mass is 477 g/mol. The van der Waals surface area contributed by atoms with Crippen molar-refractivity contribution < 1.29 is 17.9 Å². The van der Waals surface area contributed by atoms with Crippen LogP contribution in [-0.4, -0.2) is 76.0 Å². The minimum atomic E-state index is -3.72. The molecule has 1 amide bonds. The van der Waals surface area contributed by atoms with E-state index in [1.54, 1.807) is 23.5 Å². The molecule has 0 aliphatic carbocycles. The zero-order chi connectivity index (χ0) is 22.7. The molecule has 1 aromatic heterocycles. The smallest absolute Gasteiger partial charge is 0.251 e. The summed E-state index contributed by atoms with van der Waals surface area (Å²) >= 11 is 1.55. The zero-order valence-corrected chi connectivity index (χ0v) is 20.3. The summed E-state index contributed by atoms with van der Waals surface area (Å²) in [5.41, 5.74) is 2.23. The van der Waals surface area contributed by atoms with Gasteiger partial charge in [-0.3, -0.25) is 4.79 Å². The van der Waals surface area contributed by atoms with E-state index in [4.69, 9.17) is 4.74 Å². The van der Waals surface area contributed by atoms with Crippen LogP contribution in [0.3, 0.4) is 0 Å². The Hall–Kier alpha value is -1.78. The van der Waals surface area contributed by atoms with Crippen LogP contribution in [0.4, 0.5) is 0 Å². The first kappa shape index (κ1) is 23.4. The summed E-state index contributed by atoms with van der Waals surface area (Å²) in [5, 5.41) is 5.06. The van der Waals surface area contributed by atoms with E-state index in [0.29, 0.717) is 44.5 Å². The first-order valence-electron chi connectivity index (χ1n) is 11.1. The second kappa shape index (κ2) is 10.0. The number of carbonyl (C=O) groups excluding carboxylic acids is 1. The van der Waals surface area contributed by atoms with Crippen molar-refractivity contribution in [2.24, 2.45) is 0 Å². The molecule has 4 rings (SSSR count). The summed E-state index contributed by atoms with van der Waals surface area (Å²) in [5.74, 6) is -0.238. The number of likely N-dealkylation sites (tertiary alicyclic amines) is 1. The van der Waals surface area contributed by atoms with Gasteiger partial charge in [0, 0.05) is 36.1 Å². The lowest BCUT2D eigenvalue weighted by Gasteiger charge is -2.32. The zero-order valence-electron chi connectivity index (χ0n) is 18.7. The van der Waals surface area contributed by atoms with Crippen LogP contribution < -0.4 is 5.32 Å². The predicted octanol–water partition coefficient (Wildman–Crippen LogP) is 2.96. The molecule has 0 bridgehead atoms. The lowest BCUT2D eigenvalue weighted by Crippen LogP contribution is -2.44. The Balaban J connectivity index is 1.63. The number of amides is 1. The van der Waals surface area contributed by atoms with E-state index in [1.165, 1.54) is 23.2 Å². The van der Waals surface area contributed by atoms with Crippen molar-refractivity contribution in [1.29, 1.82) is 0 Å². The van der Waals surface area contributed by atoms with Gasteiger partial charge in [0.2, 0.25) is 10.0 Å². The van der Waals surface area contributed by atoms with Crippen LogP contribution in [0.5, 0.6) is 0 Å². The molecule has 1 atom stereocenters. The molecule has 0 spiro atoms. The lowest BCUT2D eigenvalue weighted by molar-refractivity contribution is 0.0730. The number of nitrogens with one attached hydrogen (secondary N) is 1. The van der Waals surface area contributed by atoms with Crippen LogP contribution >= 0.6 is 11.3 Å². The topological polar surface area (TPSA) is 79.0 Å². The number of carbonyl (C=O) groups is 1. The quantitative estimate of drug-likeness (QED) is 0.692. The van der Waals surface area contributed by atoms with Crippen molar-refractivity contribution in [3.8, 4) is 10.4 Å². The number of thiophene rings is 1. The SMILES string of the molecule is Cc1csc(-c2cc(C(=O)NC[C@H]3CCCCN3C)cc(S(=O)(=O)N3CCOCC3)c2)c1. The van der Waals surface area contributed by atoms with E-state index in [1.807, 2.05) is 18.4 Å². The Morgan fingerprint density at radius 3 is 2.62 bits per heavy atom. The molecule has 9 heteroatoms. The Bertz CT molecular complexity index is 1060. The summed E-state index contributed by atoms with van der Waals surface area (Å²) in [6.07, 6.45) is 3.41. The number of benzene rings is 1. The molecule has 2 saturated heterocycles. The van der Waals surface area contributed by atoms with Crippen molar-refractivity contribution >= 4 is 27.3 Å². The van der Waals surface area contributed by atoms with Crippen LogP contribution in [0.1, 0.15) is 35.2 Å². The van der Waals surface area contributed by atoms with Gasteiger partial charge < -0.3 is 15.0 Å². The highest BCUT2D eigenvalue weighted by Crippen LogP contribution is 2.31. The summed E-state index contributed by atoms with van der Waals surface area (Å²) in [6.45, 7) is 5.00. The first-order chi connectivity index (χ1) is 15.3. The Morgan fingerprint density at radius 1 is 1.16 bits per heavy atom.